The van der Waals surface area contributed by atoms with Gasteiger partial charge in [0.25, 0.3) is 0 Å². The molecule has 0 bridgehead atoms. The maximum Gasteiger partial charge on any atom is 0.137 e. The number of carbonyl (C=O) groups is 2. The average molecular weight is 210 g/mol. The van der Waals surface area contributed by atoms with Crippen molar-refractivity contribution in [2.45, 2.75) is 38.5 Å². The number of unbranched alkanes of at least 4 members (excludes halogenated alkanes) is 1. The number of hydrogen-bond donors (Lipinski definition) is 1. The van der Waals surface area contributed by atoms with Crippen LogP contribution >= 0.6 is 0 Å². The normalized spacial score (nSPS) is 34.9. The van der Waals surface area contributed by atoms with Crippen LogP contribution in [0.1, 0.15) is 38.5 Å². The van der Waals surface area contributed by atoms with E-state index >= 15 is 0 Å². The third-order valence-electron chi connectivity index (χ3n) is 3.87. The van der Waals surface area contributed by atoms with Crippen LogP contribution in [0.25, 0.3) is 0 Å². The maximum absolute atomic E-state index is 11.6. The highest BCUT2D eigenvalue weighted by atomic mass is 16.2. The molecule has 0 saturated heterocycles. The molecule has 3 nitrogen and oxygen atoms in total. The van der Waals surface area contributed by atoms with Crippen LogP contribution in [-0.4, -0.2) is 23.3 Å². The number of fused-ring (bicyclic) bond motifs is 1. The first kappa shape index (κ1) is 10.8. The van der Waals surface area contributed by atoms with Gasteiger partial charge in [0, 0.05) is 31.3 Å². The van der Waals surface area contributed by atoms with Gasteiger partial charge in [-0.25, -0.2) is 0 Å². The predicted octanol–water partition coefficient (Wildman–Crippen LogP) is 1.33. The summed E-state index contributed by atoms with van der Waals surface area (Å²) in [6.07, 6.45) is 4.66. The average Bonchev–Trinajstić information content (AvgIpc) is 2.72. The molecule has 0 aromatic carbocycles. The fourth-order valence-corrected chi connectivity index (χ4v) is 3.16. The molecule has 2 aliphatic carbocycles. The van der Waals surface area contributed by atoms with Gasteiger partial charge in [-0.3, -0.25) is 9.59 Å². The van der Waals surface area contributed by atoms with Crippen LogP contribution in [0.15, 0.2) is 0 Å². The van der Waals surface area contributed by atoms with Crippen LogP contribution < -0.4 is 0 Å². The number of ketones is 2. The molecule has 0 heterocycles. The van der Waals surface area contributed by atoms with E-state index in [0.717, 1.165) is 25.7 Å². The zero-order valence-corrected chi connectivity index (χ0v) is 8.95. The highest BCUT2D eigenvalue weighted by Gasteiger charge is 2.48. The second-order valence-corrected chi connectivity index (χ2v) is 4.79. The van der Waals surface area contributed by atoms with Gasteiger partial charge in [0.15, 0.2) is 0 Å². The van der Waals surface area contributed by atoms with Gasteiger partial charge in [-0.1, -0.05) is 6.42 Å². The molecule has 84 valence electrons. The van der Waals surface area contributed by atoms with Crippen molar-refractivity contribution in [3.8, 4) is 0 Å². The minimum atomic E-state index is 0.0381. The zero-order valence-electron chi connectivity index (χ0n) is 8.95. The Hall–Kier alpha value is -0.700. The lowest BCUT2D eigenvalue weighted by molar-refractivity contribution is -0.124. The Labute approximate surface area is 89.9 Å². The van der Waals surface area contributed by atoms with Crippen molar-refractivity contribution in [1.82, 2.24) is 0 Å². The standard InChI is InChI=1S/C12H18O3/c13-6-2-1-3-8-7-11(15)9-4-5-10(14)12(8)9/h8-9,12-13H,1-7H2. The van der Waals surface area contributed by atoms with Gasteiger partial charge in [-0.05, 0) is 25.2 Å². The highest BCUT2D eigenvalue weighted by Crippen LogP contribution is 2.45. The number of Topliss-reactive ketones (excluding diaryl/α,β-unsaturated/α-hetero) is 2. The van der Waals surface area contributed by atoms with Crippen LogP contribution in [0.4, 0.5) is 0 Å². The Bertz CT molecular complexity index is 270. The summed E-state index contributed by atoms with van der Waals surface area (Å²) in [4.78, 5) is 23.3. The molecule has 1 N–H and O–H groups in total. The minimum Gasteiger partial charge on any atom is -0.396 e. The number of aliphatic hydroxyl groups is 1. The van der Waals surface area contributed by atoms with E-state index in [2.05, 4.69) is 0 Å². The lowest BCUT2D eigenvalue weighted by Gasteiger charge is -2.15. The number of hydrogen-bond acceptors (Lipinski definition) is 3. The molecule has 0 aromatic heterocycles. The topological polar surface area (TPSA) is 54.4 Å². The van der Waals surface area contributed by atoms with Crippen LogP contribution in [-0.2, 0) is 9.59 Å². The fraction of sp³-hybridized carbons (Fsp3) is 0.833. The van der Waals surface area contributed by atoms with Crippen LogP contribution in [0.2, 0.25) is 0 Å². The van der Waals surface area contributed by atoms with Crippen molar-refractivity contribution in [2.75, 3.05) is 6.61 Å². The third-order valence-corrected chi connectivity index (χ3v) is 3.87. The van der Waals surface area contributed by atoms with Crippen molar-refractivity contribution < 1.29 is 14.7 Å². The monoisotopic (exact) mass is 210 g/mol. The highest BCUT2D eigenvalue weighted by molar-refractivity contribution is 5.96. The summed E-state index contributed by atoms with van der Waals surface area (Å²) in [6, 6.07) is 0. The molecule has 2 aliphatic rings. The van der Waals surface area contributed by atoms with Gasteiger partial charge >= 0.3 is 0 Å². The Morgan fingerprint density at radius 3 is 2.73 bits per heavy atom. The summed E-state index contributed by atoms with van der Waals surface area (Å²) in [5.74, 6) is 0.983. The number of aliphatic hydroxyl groups excluding tert-OH is 1. The molecule has 15 heavy (non-hydrogen) atoms. The fourth-order valence-electron chi connectivity index (χ4n) is 3.16. The summed E-state index contributed by atoms with van der Waals surface area (Å²) in [5, 5.41) is 8.70. The van der Waals surface area contributed by atoms with E-state index < -0.39 is 0 Å². The molecular formula is C12H18O3. The molecule has 2 fully saturated rings. The Kier molecular flexibility index (Phi) is 3.19. The first-order valence-corrected chi connectivity index (χ1v) is 5.90. The van der Waals surface area contributed by atoms with Gasteiger partial charge in [0.2, 0.25) is 0 Å². The first-order chi connectivity index (χ1) is 7.24. The summed E-state index contributed by atoms with van der Waals surface area (Å²) in [5.41, 5.74) is 0. The molecule has 0 aromatic rings. The van der Waals surface area contributed by atoms with Crippen LogP contribution in [0.5, 0.6) is 0 Å². The molecular weight excluding hydrogens is 192 g/mol. The molecule has 0 aliphatic heterocycles. The number of carbonyl (C=O) groups excluding carboxylic acids is 2. The second-order valence-electron chi connectivity index (χ2n) is 4.79. The molecule has 0 amide bonds. The quantitative estimate of drug-likeness (QED) is 0.712. The summed E-state index contributed by atoms with van der Waals surface area (Å²) in [7, 11) is 0. The molecule has 2 saturated carbocycles. The van der Waals surface area contributed by atoms with E-state index in [-0.39, 0.29) is 24.4 Å². The summed E-state index contributed by atoms with van der Waals surface area (Å²) >= 11 is 0. The van der Waals surface area contributed by atoms with Gasteiger partial charge in [-0.2, -0.15) is 0 Å². The predicted molar refractivity (Wildman–Crippen MR) is 55.3 cm³/mol. The lowest BCUT2D eigenvalue weighted by atomic mass is 9.87. The molecule has 0 radical (unpaired) electrons. The maximum atomic E-state index is 11.6. The molecule has 3 atom stereocenters. The molecule has 0 spiro atoms. The number of rotatable bonds is 4. The zero-order chi connectivity index (χ0) is 10.8. The van der Waals surface area contributed by atoms with Gasteiger partial charge in [0.05, 0.1) is 0 Å². The second kappa shape index (κ2) is 4.44. The van der Waals surface area contributed by atoms with Crippen molar-refractivity contribution in [2.24, 2.45) is 17.8 Å². The van der Waals surface area contributed by atoms with Crippen molar-refractivity contribution in [3.63, 3.8) is 0 Å². The van der Waals surface area contributed by atoms with Crippen molar-refractivity contribution in [1.29, 1.82) is 0 Å². The first-order valence-electron chi connectivity index (χ1n) is 5.90. The Morgan fingerprint density at radius 1 is 1.20 bits per heavy atom. The van der Waals surface area contributed by atoms with Crippen LogP contribution in [0.3, 0.4) is 0 Å². The van der Waals surface area contributed by atoms with E-state index in [0.29, 0.717) is 24.4 Å². The smallest absolute Gasteiger partial charge is 0.137 e. The third kappa shape index (κ3) is 1.98. The van der Waals surface area contributed by atoms with E-state index in [1.54, 1.807) is 0 Å². The van der Waals surface area contributed by atoms with Crippen LogP contribution in [0, 0.1) is 17.8 Å². The summed E-state index contributed by atoms with van der Waals surface area (Å²) < 4.78 is 0. The lowest BCUT2D eigenvalue weighted by Crippen LogP contribution is -2.18. The van der Waals surface area contributed by atoms with Gasteiger partial charge in [0.1, 0.15) is 11.6 Å². The van der Waals surface area contributed by atoms with Crippen molar-refractivity contribution >= 4 is 11.6 Å². The van der Waals surface area contributed by atoms with E-state index in [1.807, 2.05) is 0 Å². The van der Waals surface area contributed by atoms with E-state index in [9.17, 15) is 9.59 Å². The minimum absolute atomic E-state index is 0.0381. The van der Waals surface area contributed by atoms with Gasteiger partial charge in [-0.15, -0.1) is 0 Å². The molecule has 3 unspecified atom stereocenters. The van der Waals surface area contributed by atoms with Gasteiger partial charge < -0.3 is 5.11 Å². The van der Waals surface area contributed by atoms with Crippen molar-refractivity contribution in [3.05, 3.63) is 0 Å². The van der Waals surface area contributed by atoms with E-state index in [4.69, 9.17) is 5.11 Å². The largest absolute Gasteiger partial charge is 0.396 e. The van der Waals surface area contributed by atoms with E-state index in [1.165, 1.54) is 0 Å². The molecule has 2 rings (SSSR count). The Balaban J connectivity index is 1.95. The Morgan fingerprint density at radius 2 is 2.00 bits per heavy atom. The SMILES string of the molecule is O=C1CC(CCCCO)C2C(=O)CCC12. The summed E-state index contributed by atoms with van der Waals surface area (Å²) in [6.45, 7) is 0.211. The molecule has 3 heteroatoms.